The van der Waals surface area contributed by atoms with Crippen molar-refractivity contribution >= 4 is 56.6 Å². The van der Waals surface area contributed by atoms with Crippen LogP contribution in [0.4, 0.5) is 5.69 Å². The molecule has 1 unspecified atom stereocenters. The molecule has 112 valence electrons. The van der Waals surface area contributed by atoms with E-state index in [1.54, 1.807) is 17.0 Å². The number of anilines is 1. The lowest BCUT2D eigenvalue weighted by Gasteiger charge is -2.42. The predicted molar refractivity (Wildman–Crippen MR) is 85.9 cm³/mol. The normalized spacial score (nSPS) is 22.5. The van der Waals surface area contributed by atoms with Crippen LogP contribution in [-0.4, -0.2) is 35.8 Å². The Hall–Kier alpha value is -0.780. The predicted octanol–water partition coefficient (Wildman–Crippen LogP) is 3.48. The number of amides is 2. The summed E-state index contributed by atoms with van der Waals surface area (Å²) in [6.45, 7) is 0.685. The number of piperazine rings is 1. The average Bonchev–Trinajstić information content (AvgIpc) is 2.49. The Morgan fingerprint density at radius 2 is 1.90 bits per heavy atom. The number of hydrogen-bond donors (Lipinski definition) is 0. The molecule has 1 aromatic rings. The van der Waals surface area contributed by atoms with Gasteiger partial charge >= 0.3 is 0 Å². The van der Waals surface area contributed by atoms with Crippen molar-refractivity contribution in [1.82, 2.24) is 4.90 Å². The number of benzene rings is 1. The fourth-order valence-corrected chi connectivity index (χ4v) is 3.77. The molecule has 2 heterocycles. The second-order valence-corrected chi connectivity index (χ2v) is 6.83. The van der Waals surface area contributed by atoms with Crippen molar-refractivity contribution in [3.63, 3.8) is 0 Å². The lowest BCUT2D eigenvalue weighted by atomic mass is 9.98. The van der Waals surface area contributed by atoms with E-state index in [9.17, 15) is 9.59 Å². The molecule has 2 aliphatic rings. The summed E-state index contributed by atoms with van der Waals surface area (Å²) >= 11 is 15.6. The maximum Gasteiger partial charge on any atom is 0.250 e. The van der Waals surface area contributed by atoms with E-state index in [2.05, 4.69) is 15.9 Å². The van der Waals surface area contributed by atoms with Gasteiger partial charge in [0, 0.05) is 11.0 Å². The quantitative estimate of drug-likeness (QED) is 0.687. The van der Waals surface area contributed by atoms with Gasteiger partial charge in [0.25, 0.3) is 0 Å². The Bertz CT molecular complexity index is 623. The Morgan fingerprint density at radius 1 is 1.14 bits per heavy atom. The number of fused-ring (bicyclic) bond motifs is 1. The van der Waals surface area contributed by atoms with Gasteiger partial charge in [0.05, 0.1) is 15.7 Å². The first-order chi connectivity index (χ1) is 10.0. The molecule has 2 fully saturated rings. The first-order valence-electron chi connectivity index (χ1n) is 6.75. The first-order valence-corrected chi connectivity index (χ1v) is 8.30. The monoisotopic (exact) mass is 390 g/mol. The number of halogens is 3. The number of nitrogens with zero attached hydrogens (tertiary/aromatic N) is 2. The molecule has 2 amide bonds. The molecule has 1 atom stereocenters. The van der Waals surface area contributed by atoms with Gasteiger partial charge in [0.15, 0.2) is 0 Å². The van der Waals surface area contributed by atoms with Crippen molar-refractivity contribution in [2.75, 3.05) is 18.0 Å². The molecule has 4 nitrogen and oxygen atoms in total. The van der Waals surface area contributed by atoms with E-state index in [4.69, 9.17) is 23.2 Å². The van der Waals surface area contributed by atoms with Crippen LogP contribution < -0.4 is 4.90 Å². The van der Waals surface area contributed by atoms with Crippen LogP contribution in [0.15, 0.2) is 16.6 Å². The maximum atomic E-state index is 12.7. The summed E-state index contributed by atoms with van der Waals surface area (Å²) in [6.07, 6.45) is 2.63. The first kappa shape index (κ1) is 15.1. The highest BCUT2D eigenvalue weighted by Crippen LogP contribution is 2.39. The lowest BCUT2D eigenvalue weighted by molar-refractivity contribution is -0.144. The Labute approximate surface area is 141 Å². The Balaban J connectivity index is 1.98. The molecule has 0 aromatic heterocycles. The molecular weight excluding hydrogens is 379 g/mol. The minimum absolute atomic E-state index is 0.0208. The third kappa shape index (κ3) is 2.56. The highest BCUT2D eigenvalue weighted by atomic mass is 79.9. The van der Waals surface area contributed by atoms with E-state index in [1.807, 2.05) is 0 Å². The van der Waals surface area contributed by atoms with Crippen molar-refractivity contribution in [3.8, 4) is 0 Å². The second-order valence-electron chi connectivity index (χ2n) is 5.22. The zero-order valence-corrected chi connectivity index (χ0v) is 14.2. The van der Waals surface area contributed by atoms with Gasteiger partial charge in [-0.1, -0.05) is 23.2 Å². The molecule has 1 aromatic carbocycles. The van der Waals surface area contributed by atoms with Crippen LogP contribution >= 0.6 is 39.1 Å². The molecule has 0 N–H and O–H groups in total. The van der Waals surface area contributed by atoms with Crippen molar-refractivity contribution in [2.45, 2.75) is 25.3 Å². The molecule has 0 spiro atoms. The van der Waals surface area contributed by atoms with Gasteiger partial charge < -0.3 is 4.90 Å². The molecule has 0 aliphatic carbocycles. The van der Waals surface area contributed by atoms with Crippen LogP contribution in [0.2, 0.25) is 10.0 Å². The maximum absolute atomic E-state index is 12.7. The summed E-state index contributed by atoms with van der Waals surface area (Å²) in [4.78, 5) is 28.1. The van der Waals surface area contributed by atoms with Gasteiger partial charge in [-0.15, -0.1) is 0 Å². The topological polar surface area (TPSA) is 40.6 Å². The molecule has 21 heavy (non-hydrogen) atoms. The van der Waals surface area contributed by atoms with Crippen LogP contribution in [0, 0.1) is 0 Å². The Morgan fingerprint density at radius 3 is 2.67 bits per heavy atom. The summed E-state index contributed by atoms with van der Waals surface area (Å²) in [6, 6.07) is 3.08. The van der Waals surface area contributed by atoms with Crippen molar-refractivity contribution < 1.29 is 9.59 Å². The van der Waals surface area contributed by atoms with Gasteiger partial charge in [0.1, 0.15) is 12.6 Å². The van der Waals surface area contributed by atoms with E-state index in [1.165, 1.54) is 4.90 Å². The smallest absolute Gasteiger partial charge is 0.250 e. The van der Waals surface area contributed by atoms with E-state index >= 15 is 0 Å². The van der Waals surface area contributed by atoms with Crippen LogP contribution in [0.5, 0.6) is 0 Å². The van der Waals surface area contributed by atoms with Gasteiger partial charge in [-0.05, 0) is 47.3 Å². The van der Waals surface area contributed by atoms with Crippen LogP contribution in [0.3, 0.4) is 0 Å². The minimum Gasteiger partial charge on any atom is -0.329 e. The van der Waals surface area contributed by atoms with Gasteiger partial charge in [0.2, 0.25) is 11.8 Å². The van der Waals surface area contributed by atoms with E-state index in [-0.39, 0.29) is 29.4 Å². The fraction of sp³-hybridized carbons (Fsp3) is 0.429. The largest absolute Gasteiger partial charge is 0.329 e. The Kier molecular flexibility index (Phi) is 4.17. The third-order valence-electron chi connectivity index (χ3n) is 3.97. The molecular formula is C14H13BrCl2N2O2. The van der Waals surface area contributed by atoms with Gasteiger partial charge in [-0.25, -0.2) is 0 Å². The van der Waals surface area contributed by atoms with Crippen LogP contribution in [0.1, 0.15) is 19.3 Å². The zero-order chi connectivity index (χ0) is 15.1. The summed E-state index contributed by atoms with van der Waals surface area (Å²) in [7, 11) is 0. The minimum atomic E-state index is -0.363. The van der Waals surface area contributed by atoms with Crippen molar-refractivity contribution in [2.24, 2.45) is 0 Å². The summed E-state index contributed by atoms with van der Waals surface area (Å²) < 4.78 is 0.660. The van der Waals surface area contributed by atoms with Crippen LogP contribution in [0.25, 0.3) is 0 Å². The number of rotatable bonds is 1. The number of carbonyl (C=O) groups is 2. The summed E-state index contributed by atoms with van der Waals surface area (Å²) in [5.41, 5.74) is 0.494. The third-order valence-corrected chi connectivity index (χ3v) is 5.73. The summed E-state index contributed by atoms with van der Waals surface area (Å²) in [5.74, 6) is -0.107. The van der Waals surface area contributed by atoms with Gasteiger partial charge in [-0.3, -0.25) is 14.5 Å². The van der Waals surface area contributed by atoms with Crippen molar-refractivity contribution in [3.05, 3.63) is 26.7 Å². The molecule has 0 saturated carbocycles. The van der Waals surface area contributed by atoms with E-state index in [0.29, 0.717) is 28.1 Å². The summed E-state index contributed by atoms with van der Waals surface area (Å²) in [5, 5.41) is 0.636. The second kappa shape index (κ2) is 5.78. The van der Waals surface area contributed by atoms with Crippen molar-refractivity contribution in [1.29, 1.82) is 0 Å². The van der Waals surface area contributed by atoms with E-state index < -0.39 is 0 Å². The van der Waals surface area contributed by atoms with Gasteiger partial charge in [-0.2, -0.15) is 0 Å². The molecule has 0 bridgehead atoms. The number of hydrogen-bond acceptors (Lipinski definition) is 2. The lowest BCUT2D eigenvalue weighted by Crippen LogP contribution is -2.61. The number of carbonyl (C=O) groups excluding carboxylic acids is 2. The SMILES string of the molecule is O=C1C2CCCCN2C(=O)CN1c1ccc(Br)c(Cl)c1Cl. The molecule has 0 radical (unpaired) electrons. The average molecular weight is 392 g/mol. The highest BCUT2D eigenvalue weighted by Gasteiger charge is 2.41. The molecule has 2 saturated heterocycles. The zero-order valence-electron chi connectivity index (χ0n) is 11.1. The molecule has 2 aliphatic heterocycles. The molecule has 7 heteroatoms. The van der Waals surface area contributed by atoms with E-state index in [0.717, 1.165) is 12.8 Å². The fourth-order valence-electron chi connectivity index (χ4n) is 2.90. The molecule has 3 rings (SSSR count). The van der Waals surface area contributed by atoms with Crippen LogP contribution in [-0.2, 0) is 9.59 Å². The highest BCUT2D eigenvalue weighted by molar-refractivity contribution is 9.10. The standard InChI is InChI=1S/C14H13BrCl2N2O2/c15-8-4-5-9(13(17)12(8)16)19-7-11(20)18-6-2-1-3-10(18)14(19)21/h4-5,10H,1-3,6-7H2. The number of piperidine rings is 1.